The van der Waals surface area contributed by atoms with Crippen LogP contribution in [0.3, 0.4) is 0 Å². The van der Waals surface area contributed by atoms with Gasteiger partial charge in [-0.05, 0) is 29.8 Å². The maximum absolute atomic E-state index is 14.0. The first-order valence-corrected chi connectivity index (χ1v) is 10.8. The molecular weight excluding hydrogens is 416 g/mol. The van der Waals surface area contributed by atoms with Crippen LogP contribution in [0.1, 0.15) is 17.9 Å². The second kappa shape index (κ2) is 7.77. The highest BCUT2D eigenvalue weighted by molar-refractivity contribution is 7.89. The number of anilines is 1. The van der Waals surface area contributed by atoms with E-state index in [2.05, 4.69) is 5.32 Å². The minimum atomic E-state index is -4.01. The summed E-state index contributed by atoms with van der Waals surface area (Å²) in [5.74, 6) is -2.81. The van der Waals surface area contributed by atoms with Crippen molar-refractivity contribution in [1.82, 2.24) is 9.21 Å². The second-order valence-corrected chi connectivity index (χ2v) is 9.10. The minimum absolute atomic E-state index is 0.0115. The van der Waals surface area contributed by atoms with Gasteiger partial charge in [0, 0.05) is 38.3 Å². The molecule has 1 fully saturated rings. The summed E-state index contributed by atoms with van der Waals surface area (Å²) in [6, 6.07) is 9.03. The van der Waals surface area contributed by atoms with Gasteiger partial charge in [-0.2, -0.15) is 4.31 Å². The molecule has 2 aromatic rings. The van der Waals surface area contributed by atoms with Crippen LogP contribution in [-0.4, -0.2) is 55.6 Å². The van der Waals surface area contributed by atoms with Crippen molar-refractivity contribution in [3.8, 4) is 0 Å². The third-order valence-corrected chi connectivity index (χ3v) is 7.29. The van der Waals surface area contributed by atoms with Crippen LogP contribution in [-0.2, 0) is 19.6 Å². The number of amides is 2. The predicted octanol–water partition coefficient (Wildman–Crippen LogP) is 1.92. The van der Waals surface area contributed by atoms with Crippen molar-refractivity contribution in [2.45, 2.75) is 17.2 Å². The first-order valence-electron chi connectivity index (χ1n) is 9.40. The number of carbonyl (C=O) groups is 2. The molecule has 2 aliphatic rings. The summed E-state index contributed by atoms with van der Waals surface area (Å²) >= 11 is 0. The molecule has 0 bridgehead atoms. The van der Waals surface area contributed by atoms with Crippen LogP contribution in [0.4, 0.5) is 14.5 Å². The van der Waals surface area contributed by atoms with Crippen LogP contribution in [0.2, 0.25) is 0 Å². The zero-order valence-corrected chi connectivity index (χ0v) is 16.7. The van der Waals surface area contributed by atoms with Gasteiger partial charge in [-0.1, -0.05) is 18.2 Å². The molecule has 7 nitrogen and oxygen atoms in total. The molecule has 158 valence electrons. The SMILES string of the molecule is O=C1CC(C(=O)N2CCN(S(=O)(=O)c3ccccc3F)CC2)c2ccc(F)cc2N1. The summed E-state index contributed by atoms with van der Waals surface area (Å²) < 4.78 is 54.0. The van der Waals surface area contributed by atoms with E-state index in [1.54, 1.807) is 0 Å². The third-order valence-electron chi connectivity index (χ3n) is 5.36. The predicted molar refractivity (Wildman–Crippen MR) is 104 cm³/mol. The van der Waals surface area contributed by atoms with E-state index in [4.69, 9.17) is 0 Å². The highest BCUT2D eigenvalue weighted by Crippen LogP contribution is 2.34. The number of sulfonamides is 1. The molecule has 0 aliphatic carbocycles. The molecule has 10 heteroatoms. The minimum Gasteiger partial charge on any atom is -0.340 e. The van der Waals surface area contributed by atoms with E-state index in [1.165, 1.54) is 41.3 Å². The van der Waals surface area contributed by atoms with E-state index < -0.39 is 32.5 Å². The molecule has 1 atom stereocenters. The summed E-state index contributed by atoms with van der Waals surface area (Å²) in [7, 11) is -4.01. The molecule has 0 spiro atoms. The molecule has 2 aliphatic heterocycles. The molecule has 0 aromatic heterocycles. The molecule has 4 rings (SSSR count). The zero-order valence-electron chi connectivity index (χ0n) is 15.8. The molecule has 1 unspecified atom stereocenters. The number of fused-ring (bicyclic) bond motifs is 1. The second-order valence-electron chi connectivity index (χ2n) is 7.20. The number of nitrogens with one attached hydrogen (secondary N) is 1. The van der Waals surface area contributed by atoms with Crippen LogP contribution in [0.5, 0.6) is 0 Å². The van der Waals surface area contributed by atoms with E-state index in [0.29, 0.717) is 5.56 Å². The van der Waals surface area contributed by atoms with E-state index in [0.717, 1.165) is 10.4 Å². The Hall–Kier alpha value is -2.85. The number of hydrogen-bond acceptors (Lipinski definition) is 4. The number of piperazine rings is 1. The van der Waals surface area contributed by atoms with Crippen molar-refractivity contribution in [3.05, 3.63) is 59.7 Å². The number of rotatable bonds is 3. The first-order chi connectivity index (χ1) is 14.3. The maximum Gasteiger partial charge on any atom is 0.246 e. The molecule has 2 aromatic carbocycles. The van der Waals surface area contributed by atoms with Gasteiger partial charge < -0.3 is 10.2 Å². The molecular formula is C20H19F2N3O4S. The fraction of sp³-hybridized carbons (Fsp3) is 0.300. The number of nitrogens with zero attached hydrogens (tertiary/aromatic N) is 2. The highest BCUT2D eigenvalue weighted by Gasteiger charge is 2.37. The first kappa shape index (κ1) is 20.4. The van der Waals surface area contributed by atoms with Gasteiger partial charge in [-0.3, -0.25) is 9.59 Å². The van der Waals surface area contributed by atoms with Crippen molar-refractivity contribution >= 4 is 27.5 Å². The monoisotopic (exact) mass is 435 g/mol. The van der Waals surface area contributed by atoms with Gasteiger partial charge in [0.15, 0.2) is 0 Å². The lowest BCUT2D eigenvalue weighted by Gasteiger charge is -2.36. The van der Waals surface area contributed by atoms with Gasteiger partial charge in [0.1, 0.15) is 16.5 Å². The fourth-order valence-electron chi connectivity index (χ4n) is 3.82. The maximum atomic E-state index is 14.0. The topological polar surface area (TPSA) is 86.8 Å². The highest BCUT2D eigenvalue weighted by atomic mass is 32.2. The molecule has 2 amide bonds. The number of benzene rings is 2. The largest absolute Gasteiger partial charge is 0.340 e. The lowest BCUT2D eigenvalue weighted by Crippen LogP contribution is -2.52. The van der Waals surface area contributed by atoms with Crippen molar-refractivity contribution in [2.75, 3.05) is 31.5 Å². The molecule has 0 radical (unpaired) electrons. The fourth-order valence-corrected chi connectivity index (χ4v) is 5.31. The average Bonchev–Trinajstić information content (AvgIpc) is 2.72. The van der Waals surface area contributed by atoms with Crippen LogP contribution >= 0.6 is 0 Å². The van der Waals surface area contributed by atoms with Gasteiger partial charge in [0.25, 0.3) is 0 Å². The summed E-state index contributed by atoms with van der Waals surface area (Å²) in [4.78, 5) is 26.1. The van der Waals surface area contributed by atoms with Crippen LogP contribution < -0.4 is 5.32 Å². The van der Waals surface area contributed by atoms with Crippen molar-refractivity contribution in [2.24, 2.45) is 0 Å². The van der Waals surface area contributed by atoms with Gasteiger partial charge >= 0.3 is 0 Å². The smallest absolute Gasteiger partial charge is 0.246 e. The summed E-state index contributed by atoms with van der Waals surface area (Å²) in [5, 5.41) is 2.57. The Morgan fingerprint density at radius 2 is 1.73 bits per heavy atom. The van der Waals surface area contributed by atoms with Crippen molar-refractivity contribution in [1.29, 1.82) is 0 Å². The standard InChI is InChI=1S/C20H19F2N3O4S/c21-13-5-6-14-15(12-19(26)23-17(14)11-13)20(27)24-7-9-25(10-8-24)30(28,29)18-4-2-1-3-16(18)22/h1-6,11,15H,7-10,12H2,(H,23,26). The average molecular weight is 435 g/mol. The van der Waals surface area contributed by atoms with Crippen molar-refractivity contribution in [3.63, 3.8) is 0 Å². The molecule has 30 heavy (non-hydrogen) atoms. The Bertz CT molecular complexity index is 1110. The lowest BCUT2D eigenvalue weighted by molar-refractivity contribution is -0.136. The summed E-state index contributed by atoms with van der Waals surface area (Å²) in [6.45, 7) is 0.248. The van der Waals surface area contributed by atoms with E-state index in [9.17, 15) is 26.8 Å². The van der Waals surface area contributed by atoms with E-state index in [1.807, 2.05) is 0 Å². The number of carbonyl (C=O) groups excluding carboxylic acids is 2. The Balaban J connectivity index is 1.49. The van der Waals surface area contributed by atoms with E-state index in [-0.39, 0.29) is 50.1 Å². The third kappa shape index (κ3) is 3.68. The molecule has 0 saturated carbocycles. The normalized spacial score (nSPS) is 19.9. The quantitative estimate of drug-likeness (QED) is 0.798. The Labute approximate surface area is 172 Å². The van der Waals surface area contributed by atoms with E-state index >= 15 is 0 Å². The molecule has 2 heterocycles. The van der Waals surface area contributed by atoms with Crippen LogP contribution in [0, 0.1) is 11.6 Å². The van der Waals surface area contributed by atoms with Crippen LogP contribution in [0.25, 0.3) is 0 Å². The number of halogens is 2. The van der Waals surface area contributed by atoms with Gasteiger partial charge in [-0.25, -0.2) is 17.2 Å². The Kier molecular flexibility index (Phi) is 5.29. The van der Waals surface area contributed by atoms with Crippen LogP contribution in [0.15, 0.2) is 47.4 Å². The summed E-state index contributed by atoms with van der Waals surface area (Å²) in [6.07, 6.45) is -0.0643. The van der Waals surface area contributed by atoms with Crippen molar-refractivity contribution < 1.29 is 26.8 Å². The van der Waals surface area contributed by atoms with Gasteiger partial charge in [-0.15, -0.1) is 0 Å². The molecule has 1 N–H and O–H groups in total. The van der Waals surface area contributed by atoms with Gasteiger partial charge in [0.05, 0.1) is 5.92 Å². The number of hydrogen-bond donors (Lipinski definition) is 1. The molecule has 1 saturated heterocycles. The van der Waals surface area contributed by atoms with Gasteiger partial charge in [0.2, 0.25) is 21.8 Å². The summed E-state index contributed by atoms with van der Waals surface area (Å²) in [5.41, 5.74) is 0.799. The Morgan fingerprint density at radius 1 is 1.03 bits per heavy atom. The zero-order chi connectivity index (χ0) is 21.5. The Morgan fingerprint density at radius 3 is 2.43 bits per heavy atom. The lowest BCUT2D eigenvalue weighted by atomic mass is 9.89.